The first-order valence-corrected chi connectivity index (χ1v) is 5.73. The minimum atomic E-state index is 0.939. The Morgan fingerprint density at radius 3 is 2.33 bits per heavy atom. The molecule has 15 heavy (non-hydrogen) atoms. The molecule has 0 aliphatic heterocycles. The lowest BCUT2D eigenvalue weighted by molar-refractivity contribution is 0.289. The second-order valence-corrected chi connectivity index (χ2v) is 3.87. The van der Waals surface area contributed by atoms with E-state index in [0.717, 1.165) is 26.2 Å². The molecule has 3 nitrogen and oxygen atoms in total. The number of rotatable bonds is 6. The highest BCUT2D eigenvalue weighted by molar-refractivity contribution is 5.15. The van der Waals surface area contributed by atoms with Crippen LogP contribution in [0.1, 0.15) is 25.2 Å². The van der Waals surface area contributed by atoms with E-state index in [1.807, 2.05) is 7.05 Å². The zero-order chi connectivity index (χ0) is 11.3. The summed E-state index contributed by atoms with van der Waals surface area (Å²) in [4.78, 5) is 2.43. The summed E-state index contributed by atoms with van der Waals surface area (Å²) < 4.78 is 2.29. The van der Waals surface area contributed by atoms with E-state index in [4.69, 9.17) is 0 Å². The normalized spacial score (nSPS) is 11.3. The summed E-state index contributed by atoms with van der Waals surface area (Å²) in [6.07, 6.45) is 0. The van der Waals surface area contributed by atoms with Gasteiger partial charge >= 0.3 is 0 Å². The SMILES string of the molecule is CCN(CC)Cc1ccc(CNC)n1C. The molecule has 0 unspecified atom stereocenters. The third-order valence-corrected chi connectivity index (χ3v) is 2.97. The molecule has 0 saturated heterocycles. The van der Waals surface area contributed by atoms with Gasteiger partial charge in [-0.3, -0.25) is 4.90 Å². The Hall–Kier alpha value is -0.800. The molecule has 0 radical (unpaired) electrons. The van der Waals surface area contributed by atoms with Crippen LogP contribution in [0.2, 0.25) is 0 Å². The maximum absolute atomic E-state index is 3.19. The average Bonchev–Trinajstić information content (AvgIpc) is 2.58. The Morgan fingerprint density at radius 1 is 1.20 bits per heavy atom. The predicted molar refractivity (Wildman–Crippen MR) is 64.8 cm³/mol. The molecule has 3 heteroatoms. The minimum absolute atomic E-state index is 0.939. The van der Waals surface area contributed by atoms with Crippen LogP contribution in [0, 0.1) is 0 Å². The van der Waals surface area contributed by atoms with E-state index in [1.54, 1.807) is 0 Å². The van der Waals surface area contributed by atoms with E-state index in [1.165, 1.54) is 11.4 Å². The average molecular weight is 209 g/mol. The van der Waals surface area contributed by atoms with Crippen LogP contribution in [0.3, 0.4) is 0 Å². The van der Waals surface area contributed by atoms with Gasteiger partial charge in [0.2, 0.25) is 0 Å². The van der Waals surface area contributed by atoms with Gasteiger partial charge in [-0.15, -0.1) is 0 Å². The van der Waals surface area contributed by atoms with Crippen molar-refractivity contribution in [1.82, 2.24) is 14.8 Å². The number of aromatic nitrogens is 1. The van der Waals surface area contributed by atoms with Gasteiger partial charge in [0.15, 0.2) is 0 Å². The maximum Gasteiger partial charge on any atom is 0.0386 e. The Bertz CT molecular complexity index is 287. The summed E-state index contributed by atoms with van der Waals surface area (Å²) in [5.74, 6) is 0. The topological polar surface area (TPSA) is 20.2 Å². The van der Waals surface area contributed by atoms with E-state index in [2.05, 4.69) is 47.8 Å². The van der Waals surface area contributed by atoms with Gasteiger partial charge in [0.05, 0.1) is 0 Å². The van der Waals surface area contributed by atoms with Crippen LogP contribution in [-0.4, -0.2) is 29.6 Å². The molecule has 86 valence electrons. The van der Waals surface area contributed by atoms with Crippen LogP contribution in [0.5, 0.6) is 0 Å². The molecule has 0 saturated carbocycles. The van der Waals surface area contributed by atoms with Crippen molar-refractivity contribution < 1.29 is 0 Å². The van der Waals surface area contributed by atoms with Gasteiger partial charge in [-0.1, -0.05) is 13.8 Å². The van der Waals surface area contributed by atoms with Crippen molar-refractivity contribution >= 4 is 0 Å². The zero-order valence-electron chi connectivity index (χ0n) is 10.4. The summed E-state index contributed by atoms with van der Waals surface area (Å²) in [5.41, 5.74) is 2.74. The van der Waals surface area contributed by atoms with E-state index in [-0.39, 0.29) is 0 Å². The molecule has 0 spiro atoms. The van der Waals surface area contributed by atoms with E-state index in [0.29, 0.717) is 0 Å². The van der Waals surface area contributed by atoms with Gasteiger partial charge < -0.3 is 9.88 Å². The van der Waals surface area contributed by atoms with Gasteiger partial charge in [0, 0.05) is 31.5 Å². The van der Waals surface area contributed by atoms with Crippen LogP contribution in [-0.2, 0) is 20.1 Å². The Morgan fingerprint density at radius 2 is 1.80 bits per heavy atom. The lowest BCUT2D eigenvalue weighted by Gasteiger charge is -2.18. The van der Waals surface area contributed by atoms with Gasteiger partial charge in [-0.25, -0.2) is 0 Å². The lowest BCUT2D eigenvalue weighted by Crippen LogP contribution is -2.23. The van der Waals surface area contributed by atoms with Crippen LogP contribution in [0.15, 0.2) is 12.1 Å². The summed E-state index contributed by atoms with van der Waals surface area (Å²) in [6, 6.07) is 4.43. The molecule has 0 aliphatic carbocycles. The minimum Gasteiger partial charge on any atom is -0.349 e. The largest absolute Gasteiger partial charge is 0.349 e. The van der Waals surface area contributed by atoms with E-state index < -0.39 is 0 Å². The van der Waals surface area contributed by atoms with Crippen molar-refractivity contribution in [2.75, 3.05) is 20.1 Å². The van der Waals surface area contributed by atoms with Crippen molar-refractivity contribution in [2.24, 2.45) is 7.05 Å². The summed E-state index contributed by atoms with van der Waals surface area (Å²) >= 11 is 0. The highest BCUT2D eigenvalue weighted by atomic mass is 15.1. The molecule has 1 rings (SSSR count). The molecule has 0 atom stereocenters. The number of nitrogens with zero attached hydrogens (tertiary/aromatic N) is 2. The standard InChI is InChI=1S/C12H23N3/c1-5-15(6-2)10-12-8-7-11(9-13-3)14(12)4/h7-8,13H,5-6,9-10H2,1-4H3. The Balaban J connectivity index is 2.69. The molecule has 0 aromatic carbocycles. The van der Waals surface area contributed by atoms with Crippen LogP contribution >= 0.6 is 0 Å². The zero-order valence-corrected chi connectivity index (χ0v) is 10.4. The summed E-state index contributed by atoms with van der Waals surface area (Å²) in [6.45, 7) is 8.63. The Labute approximate surface area is 93.1 Å². The molecule has 0 aliphatic rings. The fourth-order valence-electron chi connectivity index (χ4n) is 1.79. The second kappa shape index (κ2) is 5.93. The van der Waals surface area contributed by atoms with Gasteiger partial charge in [-0.05, 0) is 32.3 Å². The first-order valence-electron chi connectivity index (χ1n) is 5.73. The summed E-state index contributed by atoms with van der Waals surface area (Å²) in [7, 11) is 4.13. The quantitative estimate of drug-likeness (QED) is 0.767. The van der Waals surface area contributed by atoms with Crippen molar-refractivity contribution in [1.29, 1.82) is 0 Å². The third kappa shape index (κ3) is 3.08. The fourth-order valence-corrected chi connectivity index (χ4v) is 1.79. The lowest BCUT2D eigenvalue weighted by atomic mass is 10.3. The molecule has 0 bridgehead atoms. The number of hydrogen-bond donors (Lipinski definition) is 1. The highest BCUT2D eigenvalue weighted by Crippen LogP contribution is 2.09. The van der Waals surface area contributed by atoms with Crippen LogP contribution in [0.4, 0.5) is 0 Å². The van der Waals surface area contributed by atoms with E-state index >= 15 is 0 Å². The number of hydrogen-bond acceptors (Lipinski definition) is 2. The number of nitrogens with one attached hydrogen (secondary N) is 1. The van der Waals surface area contributed by atoms with Gasteiger partial charge in [-0.2, -0.15) is 0 Å². The monoisotopic (exact) mass is 209 g/mol. The highest BCUT2D eigenvalue weighted by Gasteiger charge is 2.06. The second-order valence-electron chi connectivity index (χ2n) is 3.87. The van der Waals surface area contributed by atoms with Crippen LogP contribution in [0.25, 0.3) is 0 Å². The fraction of sp³-hybridized carbons (Fsp3) is 0.667. The smallest absolute Gasteiger partial charge is 0.0386 e. The van der Waals surface area contributed by atoms with E-state index in [9.17, 15) is 0 Å². The molecule has 1 N–H and O–H groups in total. The van der Waals surface area contributed by atoms with Gasteiger partial charge in [0.25, 0.3) is 0 Å². The molecular formula is C12H23N3. The third-order valence-electron chi connectivity index (χ3n) is 2.97. The molecular weight excluding hydrogens is 186 g/mol. The van der Waals surface area contributed by atoms with Crippen molar-refractivity contribution in [3.05, 3.63) is 23.5 Å². The molecule has 0 amide bonds. The van der Waals surface area contributed by atoms with Crippen molar-refractivity contribution in [3.8, 4) is 0 Å². The first-order chi connectivity index (χ1) is 7.22. The molecule has 1 heterocycles. The molecule has 0 fully saturated rings. The van der Waals surface area contributed by atoms with Crippen molar-refractivity contribution in [3.63, 3.8) is 0 Å². The first kappa shape index (κ1) is 12.3. The Kier molecular flexibility index (Phi) is 4.85. The molecule has 1 aromatic heterocycles. The van der Waals surface area contributed by atoms with Crippen LogP contribution < -0.4 is 5.32 Å². The predicted octanol–water partition coefficient (Wildman–Crippen LogP) is 1.59. The summed E-state index contributed by atoms with van der Waals surface area (Å²) in [5, 5.41) is 3.19. The van der Waals surface area contributed by atoms with Gasteiger partial charge in [0.1, 0.15) is 0 Å². The maximum atomic E-state index is 3.19. The van der Waals surface area contributed by atoms with Crippen molar-refractivity contribution in [2.45, 2.75) is 26.9 Å². The molecule has 1 aromatic rings.